The van der Waals surface area contributed by atoms with Crippen molar-refractivity contribution >= 4 is 40.4 Å². The highest BCUT2D eigenvalue weighted by molar-refractivity contribution is 7.80. The number of benzene rings is 1. The first-order chi connectivity index (χ1) is 7.95. The predicted octanol–water partition coefficient (Wildman–Crippen LogP) is 2.73. The third-order valence-electron chi connectivity index (χ3n) is 2.26. The van der Waals surface area contributed by atoms with Crippen LogP contribution >= 0.6 is 23.8 Å². The highest BCUT2D eigenvalue weighted by Crippen LogP contribution is 2.20. The van der Waals surface area contributed by atoms with Crippen molar-refractivity contribution in [1.82, 2.24) is 0 Å². The molecule has 3 nitrogen and oxygen atoms in total. The minimum Gasteiger partial charge on any atom is -0.393 e. The fraction of sp³-hybridized carbons (Fsp3) is 0.273. The zero-order valence-electron chi connectivity index (χ0n) is 9.17. The van der Waals surface area contributed by atoms with Crippen LogP contribution in [0.1, 0.15) is 13.3 Å². The van der Waals surface area contributed by atoms with E-state index in [0.29, 0.717) is 12.1 Å². The van der Waals surface area contributed by atoms with E-state index in [4.69, 9.17) is 29.6 Å². The van der Waals surface area contributed by atoms with Gasteiger partial charge in [0.25, 0.3) is 0 Å². The van der Waals surface area contributed by atoms with E-state index in [1.165, 1.54) is 18.2 Å². The topological polar surface area (TPSA) is 55.1 Å². The quantitative estimate of drug-likeness (QED) is 0.830. The van der Waals surface area contributed by atoms with Gasteiger partial charge in [0.1, 0.15) is 5.82 Å². The van der Waals surface area contributed by atoms with Crippen molar-refractivity contribution in [3.63, 3.8) is 0 Å². The zero-order valence-corrected chi connectivity index (χ0v) is 10.7. The van der Waals surface area contributed by atoms with Gasteiger partial charge in [-0.2, -0.15) is 0 Å². The molecule has 0 fully saturated rings. The van der Waals surface area contributed by atoms with Gasteiger partial charge in [0.2, 0.25) is 5.91 Å². The summed E-state index contributed by atoms with van der Waals surface area (Å²) in [5.41, 5.74) is 5.85. The molecule has 1 atom stereocenters. The maximum absolute atomic E-state index is 12.9. The number of nitrogens with two attached hydrogens (primary N) is 1. The molecule has 0 saturated heterocycles. The molecule has 0 aliphatic carbocycles. The average molecular weight is 275 g/mol. The summed E-state index contributed by atoms with van der Waals surface area (Å²) in [5.74, 6) is -1.39. The Kier molecular flexibility index (Phi) is 4.84. The second-order valence-electron chi connectivity index (χ2n) is 3.48. The lowest BCUT2D eigenvalue weighted by atomic mass is 10.1. The highest BCUT2D eigenvalue weighted by atomic mass is 35.5. The fourth-order valence-electron chi connectivity index (χ4n) is 1.32. The van der Waals surface area contributed by atoms with E-state index in [-0.39, 0.29) is 15.9 Å². The molecule has 0 spiro atoms. The van der Waals surface area contributed by atoms with Gasteiger partial charge in [-0.25, -0.2) is 4.39 Å². The molecule has 92 valence electrons. The Balaban J connectivity index is 2.80. The number of rotatable bonds is 4. The molecule has 0 radical (unpaired) electrons. The number of nitrogens with one attached hydrogen (secondary N) is 1. The molecule has 0 saturated carbocycles. The normalized spacial score (nSPS) is 11.9. The molecule has 0 heterocycles. The van der Waals surface area contributed by atoms with Crippen molar-refractivity contribution in [3.05, 3.63) is 29.0 Å². The number of carbonyl (C=O) groups is 1. The minimum atomic E-state index is -0.536. The molecule has 0 aromatic heterocycles. The number of hydrogen-bond donors (Lipinski definition) is 2. The zero-order chi connectivity index (χ0) is 13.0. The number of anilines is 1. The SMILES string of the molecule is CCC(C(=O)Nc1ccc(F)c(Cl)c1)C(N)=S. The van der Waals surface area contributed by atoms with Crippen molar-refractivity contribution in [2.75, 3.05) is 5.32 Å². The largest absolute Gasteiger partial charge is 0.393 e. The number of amides is 1. The van der Waals surface area contributed by atoms with Gasteiger partial charge in [-0.05, 0) is 24.6 Å². The van der Waals surface area contributed by atoms with Gasteiger partial charge in [-0.1, -0.05) is 30.7 Å². The van der Waals surface area contributed by atoms with Crippen molar-refractivity contribution in [3.8, 4) is 0 Å². The molecule has 1 rings (SSSR count). The standard InChI is InChI=1S/C11H12ClFN2OS/c1-2-7(10(14)17)11(16)15-6-3-4-9(13)8(12)5-6/h3-5,7H,2H2,1H3,(H2,14,17)(H,15,16). The number of thiocarbonyl (C=S) groups is 1. The monoisotopic (exact) mass is 274 g/mol. The van der Waals surface area contributed by atoms with Gasteiger partial charge in [0.15, 0.2) is 0 Å². The Morgan fingerprint density at radius 1 is 1.65 bits per heavy atom. The lowest BCUT2D eigenvalue weighted by Gasteiger charge is -2.13. The van der Waals surface area contributed by atoms with Crippen molar-refractivity contribution < 1.29 is 9.18 Å². The highest BCUT2D eigenvalue weighted by Gasteiger charge is 2.19. The van der Waals surface area contributed by atoms with Crippen LogP contribution in [0.5, 0.6) is 0 Å². The number of carbonyl (C=O) groups excluding carboxylic acids is 1. The van der Waals surface area contributed by atoms with E-state index in [9.17, 15) is 9.18 Å². The van der Waals surface area contributed by atoms with E-state index in [1.807, 2.05) is 0 Å². The first-order valence-electron chi connectivity index (χ1n) is 5.01. The lowest BCUT2D eigenvalue weighted by molar-refractivity contribution is -0.118. The Morgan fingerprint density at radius 2 is 2.29 bits per heavy atom. The smallest absolute Gasteiger partial charge is 0.234 e. The molecule has 1 unspecified atom stereocenters. The van der Waals surface area contributed by atoms with Crippen LogP contribution in [-0.4, -0.2) is 10.9 Å². The Labute approximate surface area is 109 Å². The van der Waals surface area contributed by atoms with Crippen molar-refractivity contribution in [2.24, 2.45) is 11.7 Å². The molecular formula is C11H12ClFN2OS. The second-order valence-corrected chi connectivity index (χ2v) is 4.36. The molecule has 1 aromatic carbocycles. The first kappa shape index (κ1) is 13.9. The summed E-state index contributed by atoms with van der Waals surface area (Å²) >= 11 is 10.4. The molecule has 0 aliphatic heterocycles. The van der Waals surface area contributed by atoms with E-state index in [2.05, 4.69) is 5.32 Å². The first-order valence-corrected chi connectivity index (χ1v) is 5.79. The maximum Gasteiger partial charge on any atom is 0.234 e. The maximum atomic E-state index is 12.9. The van der Waals surface area contributed by atoms with Crippen LogP contribution in [0.25, 0.3) is 0 Å². The third kappa shape index (κ3) is 3.64. The summed E-state index contributed by atoms with van der Waals surface area (Å²) in [5, 5.41) is 2.53. The molecule has 17 heavy (non-hydrogen) atoms. The molecule has 1 amide bonds. The predicted molar refractivity (Wildman–Crippen MR) is 70.6 cm³/mol. The van der Waals surface area contributed by atoms with Gasteiger partial charge in [-0.15, -0.1) is 0 Å². The van der Waals surface area contributed by atoms with E-state index >= 15 is 0 Å². The second kappa shape index (κ2) is 5.93. The average Bonchev–Trinajstić information content (AvgIpc) is 2.24. The molecule has 3 N–H and O–H groups in total. The molecule has 0 aliphatic rings. The van der Waals surface area contributed by atoms with Crippen molar-refractivity contribution in [1.29, 1.82) is 0 Å². The Morgan fingerprint density at radius 3 is 2.76 bits per heavy atom. The van der Waals surface area contributed by atoms with E-state index in [1.54, 1.807) is 6.92 Å². The Bertz CT molecular complexity index is 453. The van der Waals surface area contributed by atoms with Gasteiger partial charge in [-0.3, -0.25) is 4.79 Å². The van der Waals surface area contributed by atoms with E-state index in [0.717, 1.165) is 0 Å². The molecule has 0 bridgehead atoms. The van der Waals surface area contributed by atoms with Crippen LogP contribution in [0.2, 0.25) is 5.02 Å². The summed E-state index contributed by atoms with van der Waals surface area (Å²) in [6, 6.07) is 3.94. The van der Waals surface area contributed by atoms with Crippen molar-refractivity contribution in [2.45, 2.75) is 13.3 Å². The summed E-state index contributed by atoms with van der Waals surface area (Å²) in [4.78, 5) is 11.9. The van der Waals surface area contributed by atoms with Gasteiger partial charge >= 0.3 is 0 Å². The molecular weight excluding hydrogens is 263 g/mol. The summed E-state index contributed by atoms with van der Waals surface area (Å²) in [7, 11) is 0. The molecule has 6 heteroatoms. The van der Waals surface area contributed by atoms with Crippen LogP contribution in [0.4, 0.5) is 10.1 Å². The number of hydrogen-bond acceptors (Lipinski definition) is 2. The van der Waals surface area contributed by atoms with Gasteiger partial charge in [0, 0.05) is 5.69 Å². The number of halogens is 2. The molecule has 1 aromatic rings. The fourth-order valence-corrected chi connectivity index (χ4v) is 1.77. The lowest BCUT2D eigenvalue weighted by Crippen LogP contribution is -2.32. The summed E-state index contributed by atoms with van der Waals surface area (Å²) in [6.45, 7) is 1.81. The van der Waals surface area contributed by atoms with Crippen LogP contribution in [-0.2, 0) is 4.79 Å². The van der Waals surface area contributed by atoms with Crippen LogP contribution in [0.3, 0.4) is 0 Å². The van der Waals surface area contributed by atoms with Crippen LogP contribution < -0.4 is 11.1 Å². The van der Waals surface area contributed by atoms with Gasteiger partial charge in [0.05, 0.1) is 15.9 Å². The summed E-state index contributed by atoms with van der Waals surface area (Å²) < 4.78 is 12.9. The van der Waals surface area contributed by atoms with E-state index < -0.39 is 11.7 Å². The minimum absolute atomic E-state index is 0.0498. The Hall–Kier alpha value is -1.20. The van der Waals surface area contributed by atoms with Gasteiger partial charge < -0.3 is 11.1 Å². The van der Waals surface area contributed by atoms with Crippen LogP contribution in [0.15, 0.2) is 18.2 Å². The summed E-state index contributed by atoms with van der Waals surface area (Å²) in [6.07, 6.45) is 0.510. The van der Waals surface area contributed by atoms with Crippen LogP contribution in [0, 0.1) is 11.7 Å². The third-order valence-corrected chi connectivity index (χ3v) is 2.83.